The van der Waals surface area contributed by atoms with Gasteiger partial charge in [-0.3, -0.25) is 0 Å². The molecule has 4 heteroatoms. The van der Waals surface area contributed by atoms with Gasteiger partial charge in [0.15, 0.2) is 5.65 Å². The minimum absolute atomic E-state index is 0.869. The number of fused-ring (bicyclic) bond motifs is 1. The maximum atomic E-state index is 4.31. The first kappa shape index (κ1) is 7.09. The van der Waals surface area contributed by atoms with Crippen molar-refractivity contribution in [3.63, 3.8) is 0 Å². The zero-order valence-corrected chi connectivity index (χ0v) is 6.86. The molecule has 2 heterocycles. The van der Waals surface area contributed by atoms with Crippen molar-refractivity contribution in [1.82, 2.24) is 14.6 Å². The highest BCUT2D eigenvalue weighted by Crippen LogP contribution is 2.04. The smallest absolute Gasteiger partial charge is 0.157 e. The van der Waals surface area contributed by atoms with Crippen LogP contribution in [-0.2, 0) is 0 Å². The maximum absolute atomic E-state index is 4.31. The summed E-state index contributed by atoms with van der Waals surface area (Å²) in [6.07, 6.45) is 3.62. The molecule has 0 bridgehead atoms. The molecule has 0 fully saturated rings. The fourth-order valence-corrected chi connectivity index (χ4v) is 1.09. The lowest BCUT2D eigenvalue weighted by atomic mass is 10.5. The molecule has 0 aliphatic carbocycles. The number of hydrogen-bond donors (Lipinski definition) is 1. The number of aromatic nitrogens is 3. The Labute approximate surface area is 70.2 Å². The van der Waals surface area contributed by atoms with Gasteiger partial charge in [-0.05, 0) is 13.0 Å². The Balaban J connectivity index is 2.46. The van der Waals surface area contributed by atoms with E-state index in [4.69, 9.17) is 0 Å². The lowest BCUT2D eigenvalue weighted by Gasteiger charge is -2.00. The van der Waals surface area contributed by atoms with Gasteiger partial charge in [0.1, 0.15) is 5.82 Å². The van der Waals surface area contributed by atoms with Crippen LogP contribution in [0.25, 0.3) is 5.65 Å². The highest BCUT2D eigenvalue weighted by molar-refractivity contribution is 5.45. The van der Waals surface area contributed by atoms with Crippen molar-refractivity contribution >= 4 is 11.5 Å². The van der Waals surface area contributed by atoms with E-state index in [-0.39, 0.29) is 0 Å². The molecule has 0 saturated carbocycles. The van der Waals surface area contributed by atoms with Crippen LogP contribution in [0.4, 0.5) is 5.82 Å². The van der Waals surface area contributed by atoms with Crippen molar-refractivity contribution in [2.75, 3.05) is 11.9 Å². The SMILES string of the molecule is CCNc1ccn2nccc2n1. The van der Waals surface area contributed by atoms with Crippen molar-refractivity contribution in [1.29, 1.82) is 0 Å². The lowest BCUT2D eigenvalue weighted by Crippen LogP contribution is -2.00. The number of anilines is 1. The summed E-state index contributed by atoms with van der Waals surface area (Å²) in [5.74, 6) is 0.894. The fraction of sp³-hybridized carbons (Fsp3) is 0.250. The van der Waals surface area contributed by atoms with Crippen molar-refractivity contribution in [2.45, 2.75) is 6.92 Å². The van der Waals surface area contributed by atoms with Gasteiger partial charge in [0.2, 0.25) is 0 Å². The summed E-state index contributed by atoms with van der Waals surface area (Å²) in [5.41, 5.74) is 0.869. The molecule has 2 rings (SSSR count). The van der Waals surface area contributed by atoms with Gasteiger partial charge < -0.3 is 5.32 Å². The second kappa shape index (κ2) is 2.81. The van der Waals surface area contributed by atoms with E-state index in [0.29, 0.717) is 0 Å². The second-order valence-electron chi connectivity index (χ2n) is 2.48. The highest BCUT2D eigenvalue weighted by atomic mass is 15.2. The molecule has 0 radical (unpaired) electrons. The first-order valence-electron chi connectivity index (χ1n) is 3.94. The Morgan fingerprint density at radius 3 is 3.25 bits per heavy atom. The van der Waals surface area contributed by atoms with E-state index >= 15 is 0 Å². The van der Waals surface area contributed by atoms with Gasteiger partial charge >= 0.3 is 0 Å². The highest BCUT2D eigenvalue weighted by Gasteiger charge is 1.95. The third kappa shape index (κ3) is 1.11. The Morgan fingerprint density at radius 1 is 1.50 bits per heavy atom. The van der Waals surface area contributed by atoms with Gasteiger partial charge in [0.25, 0.3) is 0 Å². The van der Waals surface area contributed by atoms with E-state index in [1.165, 1.54) is 0 Å². The number of nitrogens with one attached hydrogen (secondary N) is 1. The predicted molar refractivity (Wildman–Crippen MR) is 47.2 cm³/mol. The van der Waals surface area contributed by atoms with E-state index in [9.17, 15) is 0 Å². The number of hydrogen-bond acceptors (Lipinski definition) is 3. The lowest BCUT2D eigenvalue weighted by molar-refractivity contribution is 0.938. The van der Waals surface area contributed by atoms with Crippen LogP contribution in [0.5, 0.6) is 0 Å². The molecule has 2 aromatic heterocycles. The van der Waals surface area contributed by atoms with Gasteiger partial charge in [0, 0.05) is 18.8 Å². The van der Waals surface area contributed by atoms with Gasteiger partial charge in [-0.2, -0.15) is 5.10 Å². The minimum atomic E-state index is 0.869. The summed E-state index contributed by atoms with van der Waals surface area (Å²) in [6, 6.07) is 3.78. The number of nitrogens with zero attached hydrogens (tertiary/aromatic N) is 3. The Kier molecular flexibility index (Phi) is 1.66. The largest absolute Gasteiger partial charge is 0.370 e. The van der Waals surface area contributed by atoms with Crippen molar-refractivity contribution in [3.8, 4) is 0 Å². The van der Waals surface area contributed by atoms with Crippen LogP contribution in [0.15, 0.2) is 24.5 Å². The molecule has 4 nitrogen and oxygen atoms in total. The normalized spacial score (nSPS) is 10.4. The molecule has 0 aliphatic heterocycles. The molecule has 2 aromatic rings. The molecule has 12 heavy (non-hydrogen) atoms. The average Bonchev–Trinajstić information content (AvgIpc) is 2.51. The summed E-state index contributed by atoms with van der Waals surface area (Å²) in [4.78, 5) is 4.31. The van der Waals surface area contributed by atoms with Crippen LogP contribution in [0.2, 0.25) is 0 Å². The van der Waals surface area contributed by atoms with Gasteiger partial charge in [0.05, 0.1) is 6.20 Å². The summed E-state index contributed by atoms with van der Waals surface area (Å²) < 4.78 is 1.74. The molecular formula is C8H10N4. The topological polar surface area (TPSA) is 42.2 Å². The average molecular weight is 162 g/mol. The molecule has 0 amide bonds. The Morgan fingerprint density at radius 2 is 2.42 bits per heavy atom. The molecule has 0 saturated heterocycles. The molecule has 0 unspecified atom stereocenters. The van der Waals surface area contributed by atoms with Crippen LogP contribution in [0.3, 0.4) is 0 Å². The molecule has 0 atom stereocenters. The summed E-state index contributed by atoms with van der Waals surface area (Å²) in [6.45, 7) is 2.93. The molecule has 0 spiro atoms. The quantitative estimate of drug-likeness (QED) is 0.720. The van der Waals surface area contributed by atoms with Crippen LogP contribution in [-0.4, -0.2) is 21.1 Å². The Hall–Kier alpha value is -1.58. The van der Waals surface area contributed by atoms with Crippen LogP contribution in [0.1, 0.15) is 6.92 Å². The van der Waals surface area contributed by atoms with Crippen molar-refractivity contribution in [3.05, 3.63) is 24.5 Å². The standard InChI is InChI=1S/C8H10N4/c1-2-9-7-4-6-12-8(11-7)3-5-10-12/h3-6H,2H2,1H3,(H,9,11). The van der Waals surface area contributed by atoms with E-state index in [2.05, 4.69) is 15.4 Å². The maximum Gasteiger partial charge on any atom is 0.157 e. The van der Waals surface area contributed by atoms with Crippen molar-refractivity contribution in [2.24, 2.45) is 0 Å². The predicted octanol–water partition coefficient (Wildman–Crippen LogP) is 1.16. The van der Waals surface area contributed by atoms with E-state index in [1.54, 1.807) is 10.7 Å². The number of rotatable bonds is 2. The molecule has 62 valence electrons. The third-order valence-electron chi connectivity index (χ3n) is 1.62. The molecule has 0 aliphatic rings. The summed E-state index contributed by atoms with van der Waals surface area (Å²) >= 11 is 0. The van der Waals surface area contributed by atoms with Gasteiger partial charge in [-0.25, -0.2) is 9.50 Å². The zero-order chi connectivity index (χ0) is 8.39. The van der Waals surface area contributed by atoms with Crippen LogP contribution in [0, 0.1) is 0 Å². The third-order valence-corrected chi connectivity index (χ3v) is 1.62. The van der Waals surface area contributed by atoms with E-state index in [1.807, 2.05) is 25.3 Å². The molecular weight excluding hydrogens is 152 g/mol. The fourth-order valence-electron chi connectivity index (χ4n) is 1.09. The van der Waals surface area contributed by atoms with Gasteiger partial charge in [-0.1, -0.05) is 0 Å². The second-order valence-corrected chi connectivity index (χ2v) is 2.48. The van der Waals surface area contributed by atoms with E-state index < -0.39 is 0 Å². The minimum Gasteiger partial charge on any atom is -0.370 e. The Bertz CT molecular complexity index is 379. The van der Waals surface area contributed by atoms with Crippen LogP contribution < -0.4 is 5.32 Å². The van der Waals surface area contributed by atoms with Gasteiger partial charge in [-0.15, -0.1) is 0 Å². The summed E-state index contributed by atoms with van der Waals surface area (Å²) in [5, 5.41) is 7.18. The van der Waals surface area contributed by atoms with Crippen LogP contribution >= 0.6 is 0 Å². The first-order chi connectivity index (χ1) is 5.90. The molecule has 1 N–H and O–H groups in total. The molecule has 0 aromatic carbocycles. The van der Waals surface area contributed by atoms with E-state index in [0.717, 1.165) is 18.0 Å². The zero-order valence-electron chi connectivity index (χ0n) is 6.86. The monoisotopic (exact) mass is 162 g/mol. The van der Waals surface area contributed by atoms with Crippen molar-refractivity contribution < 1.29 is 0 Å². The first-order valence-corrected chi connectivity index (χ1v) is 3.94. The summed E-state index contributed by atoms with van der Waals surface area (Å²) in [7, 11) is 0.